The van der Waals surface area contributed by atoms with Gasteiger partial charge in [-0.3, -0.25) is 0 Å². The summed E-state index contributed by atoms with van der Waals surface area (Å²) in [6.45, 7) is 2.16. The van der Waals surface area contributed by atoms with E-state index in [9.17, 15) is 4.79 Å². The quantitative estimate of drug-likeness (QED) is 0.695. The van der Waals surface area contributed by atoms with Crippen molar-refractivity contribution < 1.29 is 9.53 Å². The third-order valence-electron chi connectivity index (χ3n) is 1.85. The second kappa shape index (κ2) is 5.02. The first-order valence-electron chi connectivity index (χ1n) is 4.43. The van der Waals surface area contributed by atoms with Crippen LogP contribution in [0.25, 0.3) is 0 Å². The topological polar surface area (TPSA) is 26.3 Å². The van der Waals surface area contributed by atoms with Crippen LogP contribution in [-0.2, 0) is 11.2 Å². The number of hydrogen-bond acceptors (Lipinski definition) is 3. The van der Waals surface area contributed by atoms with Crippen LogP contribution in [0.2, 0.25) is 0 Å². The third kappa shape index (κ3) is 2.84. The monoisotopic (exact) mass is 198 g/mol. The fourth-order valence-corrected chi connectivity index (χ4v) is 1.99. The highest BCUT2D eigenvalue weighted by Gasteiger charge is 2.07. The maximum Gasteiger partial charge on any atom is 0.338 e. The van der Waals surface area contributed by atoms with Crippen molar-refractivity contribution in [1.29, 1.82) is 0 Å². The fraction of sp³-hybridized carbons (Fsp3) is 0.500. The van der Waals surface area contributed by atoms with Crippen molar-refractivity contribution >= 4 is 17.3 Å². The molecule has 3 heteroatoms. The molecule has 0 saturated carbocycles. The first-order chi connectivity index (χ1) is 6.27. The van der Waals surface area contributed by atoms with Crippen molar-refractivity contribution in [2.45, 2.75) is 26.2 Å². The zero-order valence-electron chi connectivity index (χ0n) is 8.00. The van der Waals surface area contributed by atoms with Gasteiger partial charge in [-0.05, 0) is 18.9 Å². The molecule has 0 aliphatic heterocycles. The molecule has 0 bridgehead atoms. The average Bonchev–Trinajstić information content (AvgIpc) is 2.62. The number of unbranched alkanes of at least 4 members (excludes halogenated alkanes) is 1. The molecule has 1 aromatic heterocycles. The lowest BCUT2D eigenvalue weighted by molar-refractivity contribution is 0.0601. The van der Waals surface area contributed by atoms with Gasteiger partial charge in [0.05, 0.1) is 12.7 Å². The minimum Gasteiger partial charge on any atom is -0.465 e. The van der Waals surface area contributed by atoms with Gasteiger partial charge in [0, 0.05) is 10.3 Å². The van der Waals surface area contributed by atoms with E-state index in [0.717, 1.165) is 6.42 Å². The summed E-state index contributed by atoms with van der Waals surface area (Å²) < 4.78 is 4.62. The molecule has 0 fully saturated rings. The second-order valence-corrected chi connectivity index (χ2v) is 3.89. The molecule has 0 radical (unpaired) electrons. The van der Waals surface area contributed by atoms with Gasteiger partial charge < -0.3 is 4.74 Å². The number of thiophene rings is 1. The molecule has 0 aliphatic rings. The zero-order valence-corrected chi connectivity index (χ0v) is 8.82. The van der Waals surface area contributed by atoms with Gasteiger partial charge in [0.15, 0.2) is 0 Å². The van der Waals surface area contributed by atoms with E-state index in [4.69, 9.17) is 0 Å². The molecule has 0 aliphatic carbocycles. The van der Waals surface area contributed by atoms with Gasteiger partial charge >= 0.3 is 5.97 Å². The van der Waals surface area contributed by atoms with Crippen LogP contribution >= 0.6 is 11.3 Å². The smallest absolute Gasteiger partial charge is 0.338 e. The van der Waals surface area contributed by atoms with Crippen molar-refractivity contribution in [2.75, 3.05) is 7.11 Å². The van der Waals surface area contributed by atoms with Gasteiger partial charge in [-0.15, -0.1) is 11.3 Å². The molecule has 0 aromatic carbocycles. The average molecular weight is 198 g/mol. The van der Waals surface area contributed by atoms with Crippen molar-refractivity contribution in [3.63, 3.8) is 0 Å². The number of esters is 1. The van der Waals surface area contributed by atoms with E-state index in [-0.39, 0.29) is 5.97 Å². The van der Waals surface area contributed by atoms with E-state index in [1.165, 1.54) is 24.8 Å². The van der Waals surface area contributed by atoms with Crippen molar-refractivity contribution in [3.05, 3.63) is 21.9 Å². The fourth-order valence-electron chi connectivity index (χ4n) is 1.09. The Morgan fingerprint density at radius 2 is 2.38 bits per heavy atom. The van der Waals surface area contributed by atoms with E-state index in [0.29, 0.717) is 5.56 Å². The Morgan fingerprint density at radius 1 is 1.62 bits per heavy atom. The lowest BCUT2D eigenvalue weighted by Gasteiger charge is -1.93. The largest absolute Gasteiger partial charge is 0.465 e. The Morgan fingerprint density at radius 3 is 3.00 bits per heavy atom. The highest BCUT2D eigenvalue weighted by atomic mass is 32.1. The van der Waals surface area contributed by atoms with Crippen LogP contribution in [0.1, 0.15) is 35.0 Å². The van der Waals surface area contributed by atoms with E-state index in [1.807, 2.05) is 11.4 Å². The minimum atomic E-state index is -0.237. The van der Waals surface area contributed by atoms with Crippen LogP contribution in [-0.4, -0.2) is 13.1 Å². The number of ether oxygens (including phenoxy) is 1. The van der Waals surface area contributed by atoms with Gasteiger partial charge in [-0.25, -0.2) is 4.79 Å². The Balaban J connectivity index is 2.58. The molecule has 13 heavy (non-hydrogen) atoms. The molecule has 0 spiro atoms. The molecular weight excluding hydrogens is 184 g/mol. The Bertz CT molecular complexity index is 278. The zero-order chi connectivity index (χ0) is 9.68. The summed E-state index contributed by atoms with van der Waals surface area (Å²) in [6.07, 6.45) is 3.44. The molecule has 1 heterocycles. The van der Waals surface area contributed by atoms with E-state index in [2.05, 4.69) is 11.7 Å². The highest BCUT2D eigenvalue weighted by molar-refractivity contribution is 7.10. The molecule has 0 amide bonds. The first-order valence-corrected chi connectivity index (χ1v) is 5.31. The SMILES string of the molecule is CCCCc1cc(C(=O)OC)cs1. The lowest BCUT2D eigenvalue weighted by atomic mass is 10.2. The summed E-state index contributed by atoms with van der Waals surface area (Å²) in [6, 6.07) is 1.92. The van der Waals surface area contributed by atoms with Gasteiger partial charge in [0.2, 0.25) is 0 Å². The van der Waals surface area contributed by atoms with Crippen LogP contribution in [0.5, 0.6) is 0 Å². The number of carbonyl (C=O) groups is 1. The van der Waals surface area contributed by atoms with Crippen LogP contribution in [0.15, 0.2) is 11.4 Å². The van der Waals surface area contributed by atoms with Crippen LogP contribution in [0, 0.1) is 0 Å². The number of hydrogen-bond donors (Lipinski definition) is 0. The maximum atomic E-state index is 11.1. The molecule has 1 aromatic rings. The Kier molecular flexibility index (Phi) is 3.96. The molecule has 0 N–H and O–H groups in total. The maximum absolute atomic E-state index is 11.1. The number of methoxy groups -OCH3 is 1. The predicted molar refractivity (Wildman–Crippen MR) is 54.3 cm³/mol. The number of rotatable bonds is 4. The Hall–Kier alpha value is -0.830. The van der Waals surface area contributed by atoms with Gasteiger partial charge in [-0.2, -0.15) is 0 Å². The molecule has 0 unspecified atom stereocenters. The molecule has 1 rings (SSSR count). The van der Waals surface area contributed by atoms with Gasteiger partial charge in [-0.1, -0.05) is 13.3 Å². The summed E-state index contributed by atoms with van der Waals surface area (Å²) in [7, 11) is 1.41. The summed E-state index contributed by atoms with van der Waals surface area (Å²) in [4.78, 5) is 12.4. The van der Waals surface area contributed by atoms with Crippen molar-refractivity contribution in [3.8, 4) is 0 Å². The predicted octanol–water partition coefficient (Wildman–Crippen LogP) is 2.88. The van der Waals surface area contributed by atoms with E-state index >= 15 is 0 Å². The first kappa shape index (κ1) is 10.3. The molecular formula is C10H14O2S. The van der Waals surface area contributed by atoms with Crippen LogP contribution < -0.4 is 0 Å². The molecule has 0 atom stereocenters. The van der Waals surface area contributed by atoms with E-state index < -0.39 is 0 Å². The van der Waals surface area contributed by atoms with E-state index in [1.54, 1.807) is 11.3 Å². The van der Waals surface area contributed by atoms with Crippen molar-refractivity contribution in [2.24, 2.45) is 0 Å². The van der Waals surface area contributed by atoms with Crippen molar-refractivity contribution in [1.82, 2.24) is 0 Å². The summed E-state index contributed by atoms with van der Waals surface area (Å²) in [5.74, 6) is -0.237. The molecule has 0 saturated heterocycles. The normalized spacial score (nSPS) is 10.0. The molecule has 72 valence electrons. The van der Waals surface area contributed by atoms with Gasteiger partial charge in [0.25, 0.3) is 0 Å². The number of aryl methyl sites for hydroxylation is 1. The second-order valence-electron chi connectivity index (χ2n) is 2.90. The minimum absolute atomic E-state index is 0.237. The van der Waals surface area contributed by atoms with Crippen LogP contribution in [0.3, 0.4) is 0 Å². The standard InChI is InChI=1S/C10H14O2S/c1-3-4-5-9-6-8(7-13-9)10(11)12-2/h6-7H,3-5H2,1-2H3. The summed E-state index contributed by atoms with van der Waals surface area (Å²) in [5, 5.41) is 1.86. The third-order valence-corrected chi connectivity index (χ3v) is 2.85. The lowest BCUT2D eigenvalue weighted by Crippen LogP contribution is -1.98. The Labute approximate surface area is 82.5 Å². The number of carbonyl (C=O) groups excluding carboxylic acids is 1. The highest BCUT2D eigenvalue weighted by Crippen LogP contribution is 2.17. The van der Waals surface area contributed by atoms with Gasteiger partial charge in [0.1, 0.15) is 0 Å². The summed E-state index contributed by atoms with van der Waals surface area (Å²) in [5.41, 5.74) is 0.679. The van der Waals surface area contributed by atoms with Crippen LogP contribution in [0.4, 0.5) is 0 Å². The summed E-state index contributed by atoms with van der Waals surface area (Å²) >= 11 is 1.63. The molecule has 2 nitrogen and oxygen atoms in total.